The zero-order valence-corrected chi connectivity index (χ0v) is 14.3. The van der Waals surface area contributed by atoms with Gasteiger partial charge in [0.25, 0.3) is 0 Å². The summed E-state index contributed by atoms with van der Waals surface area (Å²) >= 11 is 0. The van der Waals surface area contributed by atoms with Crippen LogP contribution < -0.4 is 0 Å². The molecule has 0 aliphatic heterocycles. The average molecular weight is 534 g/mol. The smallest absolute Gasteiger partial charge is 0.289 e. The maximum absolute atomic E-state index is 11.3. The van der Waals surface area contributed by atoms with E-state index in [1.54, 1.807) is 0 Å². The molecule has 28 heavy (non-hydrogen) atoms. The standard InChI is InChI=1S/2C5H2F6O2.2Co/c2*6-4(7,8)2(12)1-3(13)5(9,10)11;;/h2*1H2;;/q;;2*+2. The molecule has 0 N–H and O–H groups in total. The Kier molecular flexibility index (Phi) is 14.4. The summed E-state index contributed by atoms with van der Waals surface area (Å²) in [6.07, 6.45) is -26.0. The van der Waals surface area contributed by atoms with Crippen LogP contribution in [0.25, 0.3) is 0 Å². The van der Waals surface area contributed by atoms with Gasteiger partial charge in [0, 0.05) is 0 Å². The average Bonchev–Trinajstić information content (AvgIpc) is 2.34. The van der Waals surface area contributed by atoms with Crippen LogP contribution in [0.2, 0.25) is 0 Å². The molecule has 0 heterocycles. The summed E-state index contributed by atoms with van der Waals surface area (Å²) in [5.74, 6) is -10.8. The SMILES string of the molecule is O=C(CC(=O)C(F)(F)F)C(F)(F)F.O=C(CC(=O)C(F)(F)F)C(F)(F)F.[Co+2].[Co+2]. The van der Waals surface area contributed by atoms with Gasteiger partial charge in [0.2, 0.25) is 23.1 Å². The van der Waals surface area contributed by atoms with Gasteiger partial charge in [0.15, 0.2) is 0 Å². The van der Waals surface area contributed by atoms with E-state index in [2.05, 4.69) is 0 Å². The Bertz CT molecular complexity index is 461. The molecule has 0 bridgehead atoms. The fourth-order valence-electron chi connectivity index (χ4n) is 0.693. The van der Waals surface area contributed by atoms with Crippen LogP contribution in [-0.2, 0) is 52.7 Å². The van der Waals surface area contributed by atoms with E-state index in [-0.39, 0.29) is 33.6 Å². The molecular formula is C10H4Co2F12O4+4. The molecule has 0 spiro atoms. The van der Waals surface area contributed by atoms with Crippen LogP contribution in [0.4, 0.5) is 52.7 Å². The number of Topliss-reactive ketones (excluding diaryl/α,β-unsaturated/α-hetero) is 4. The third-order valence-corrected chi connectivity index (χ3v) is 1.91. The Morgan fingerprint density at radius 1 is 0.393 bits per heavy atom. The first-order valence-electron chi connectivity index (χ1n) is 5.50. The number of rotatable bonds is 4. The molecule has 0 saturated carbocycles. The second kappa shape index (κ2) is 11.8. The van der Waals surface area contributed by atoms with Crippen LogP contribution in [-0.4, -0.2) is 47.8 Å². The molecule has 0 unspecified atom stereocenters. The third-order valence-electron chi connectivity index (χ3n) is 1.91. The summed E-state index contributed by atoms with van der Waals surface area (Å²) in [4.78, 5) is 39.5. The predicted octanol–water partition coefficient (Wildman–Crippen LogP) is 3.27. The molecule has 166 valence electrons. The largest absolute Gasteiger partial charge is 2.00 e. The minimum Gasteiger partial charge on any atom is -0.289 e. The Morgan fingerprint density at radius 2 is 0.500 bits per heavy atom. The van der Waals surface area contributed by atoms with Crippen LogP contribution in [0, 0.1) is 0 Å². The van der Waals surface area contributed by atoms with E-state index >= 15 is 0 Å². The molecular weight excluding hydrogens is 530 g/mol. The zero-order valence-electron chi connectivity index (χ0n) is 12.2. The van der Waals surface area contributed by atoms with Gasteiger partial charge in [-0.15, -0.1) is 0 Å². The first-order valence-corrected chi connectivity index (χ1v) is 5.50. The maximum Gasteiger partial charge on any atom is 2.00 e. The topological polar surface area (TPSA) is 68.3 Å². The molecule has 0 rings (SSSR count). The Hall–Kier alpha value is -1.15. The van der Waals surface area contributed by atoms with Gasteiger partial charge in [-0.05, 0) is 0 Å². The molecule has 0 fully saturated rings. The normalized spacial score (nSPS) is 11.9. The van der Waals surface area contributed by atoms with E-state index in [1.807, 2.05) is 0 Å². The van der Waals surface area contributed by atoms with Gasteiger partial charge in [0.1, 0.15) is 0 Å². The number of carbonyl (C=O) groups excluding carboxylic acids is 4. The van der Waals surface area contributed by atoms with E-state index in [0.29, 0.717) is 0 Å². The molecule has 18 heteroatoms. The molecule has 0 aromatic carbocycles. The van der Waals surface area contributed by atoms with E-state index in [4.69, 9.17) is 0 Å². The number of carbonyl (C=O) groups is 4. The van der Waals surface area contributed by atoms with Crippen LogP contribution in [0.3, 0.4) is 0 Å². The van der Waals surface area contributed by atoms with Crippen molar-refractivity contribution in [3.05, 3.63) is 0 Å². The summed E-state index contributed by atoms with van der Waals surface area (Å²) in [5, 5.41) is 0. The fraction of sp³-hybridized carbons (Fsp3) is 0.600. The van der Waals surface area contributed by atoms with Crippen molar-refractivity contribution in [3.8, 4) is 0 Å². The second-order valence-corrected chi connectivity index (χ2v) is 4.04. The molecule has 2 radical (unpaired) electrons. The predicted molar refractivity (Wildman–Crippen MR) is 53.5 cm³/mol. The van der Waals surface area contributed by atoms with Crippen LogP contribution in [0.15, 0.2) is 0 Å². The molecule has 0 amide bonds. The van der Waals surface area contributed by atoms with Gasteiger partial charge in [-0.3, -0.25) is 19.2 Å². The summed E-state index contributed by atoms with van der Waals surface area (Å²) in [7, 11) is 0. The van der Waals surface area contributed by atoms with Crippen molar-refractivity contribution in [2.24, 2.45) is 0 Å². The summed E-state index contributed by atoms with van der Waals surface area (Å²) in [5.41, 5.74) is 0. The van der Waals surface area contributed by atoms with Gasteiger partial charge in [0.05, 0.1) is 12.8 Å². The molecule has 0 saturated heterocycles. The minimum atomic E-state index is -5.40. The molecule has 0 aliphatic rings. The van der Waals surface area contributed by atoms with E-state index in [1.165, 1.54) is 0 Å². The van der Waals surface area contributed by atoms with Crippen LogP contribution in [0.5, 0.6) is 0 Å². The zero-order chi connectivity index (χ0) is 21.7. The van der Waals surface area contributed by atoms with Crippen LogP contribution >= 0.6 is 0 Å². The van der Waals surface area contributed by atoms with E-state index < -0.39 is 60.7 Å². The van der Waals surface area contributed by atoms with Crippen molar-refractivity contribution in [3.63, 3.8) is 0 Å². The molecule has 0 atom stereocenters. The van der Waals surface area contributed by atoms with Crippen molar-refractivity contribution in [2.75, 3.05) is 0 Å². The molecule has 4 nitrogen and oxygen atoms in total. The van der Waals surface area contributed by atoms with Gasteiger partial charge in [-0.1, -0.05) is 0 Å². The van der Waals surface area contributed by atoms with Crippen molar-refractivity contribution in [1.29, 1.82) is 0 Å². The van der Waals surface area contributed by atoms with Crippen molar-refractivity contribution < 1.29 is 105 Å². The van der Waals surface area contributed by atoms with E-state index in [9.17, 15) is 71.9 Å². The van der Waals surface area contributed by atoms with E-state index in [0.717, 1.165) is 0 Å². The Morgan fingerprint density at radius 3 is 0.571 bits per heavy atom. The summed E-state index contributed by atoms with van der Waals surface area (Å²) < 4.78 is 136. The van der Waals surface area contributed by atoms with Gasteiger partial charge < -0.3 is 0 Å². The monoisotopic (exact) mass is 534 g/mol. The number of halogens is 12. The van der Waals surface area contributed by atoms with Crippen molar-refractivity contribution in [2.45, 2.75) is 37.5 Å². The van der Waals surface area contributed by atoms with Crippen molar-refractivity contribution in [1.82, 2.24) is 0 Å². The number of ketones is 4. The molecule has 0 aromatic rings. The fourth-order valence-corrected chi connectivity index (χ4v) is 0.693. The summed E-state index contributed by atoms with van der Waals surface area (Å²) in [6, 6.07) is 0. The second-order valence-electron chi connectivity index (χ2n) is 4.04. The van der Waals surface area contributed by atoms with Crippen LogP contribution in [0.1, 0.15) is 12.8 Å². The third kappa shape index (κ3) is 14.9. The number of hydrogen-bond donors (Lipinski definition) is 0. The van der Waals surface area contributed by atoms with Crippen molar-refractivity contribution >= 4 is 23.1 Å². The number of hydrogen-bond acceptors (Lipinski definition) is 4. The number of alkyl halides is 12. The minimum absolute atomic E-state index is 0. The maximum atomic E-state index is 11.3. The molecule has 0 aliphatic carbocycles. The quantitative estimate of drug-likeness (QED) is 0.411. The Labute approximate surface area is 166 Å². The molecule has 0 aromatic heterocycles. The van der Waals surface area contributed by atoms with Gasteiger partial charge >= 0.3 is 58.3 Å². The first-order chi connectivity index (χ1) is 11.1. The van der Waals surface area contributed by atoms with Gasteiger partial charge in [-0.25, -0.2) is 0 Å². The van der Waals surface area contributed by atoms with Gasteiger partial charge in [-0.2, -0.15) is 52.7 Å². The first kappa shape index (κ1) is 34.4. The Balaban J connectivity index is -0.000000192. The summed E-state index contributed by atoms with van der Waals surface area (Å²) in [6.45, 7) is 0.